The molecule has 1 N–H and O–H groups in total. The highest BCUT2D eigenvalue weighted by atomic mass is 16.5. The first kappa shape index (κ1) is 12.0. The Labute approximate surface area is 87.7 Å². The molecular formula is C12H24O2. The van der Waals surface area contributed by atoms with Crippen molar-refractivity contribution >= 4 is 0 Å². The molecule has 0 spiro atoms. The summed E-state index contributed by atoms with van der Waals surface area (Å²) in [6, 6.07) is 0. The minimum absolute atomic E-state index is 0.106. The number of aliphatic hydroxyl groups excluding tert-OH is 1. The molecule has 1 aliphatic rings. The molecule has 0 aliphatic carbocycles. The lowest BCUT2D eigenvalue weighted by atomic mass is 9.78. The topological polar surface area (TPSA) is 29.5 Å². The summed E-state index contributed by atoms with van der Waals surface area (Å²) in [5, 5.41) is 9.45. The van der Waals surface area contributed by atoms with Crippen LogP contribution >= 0.6 is 0 Å². The normalized spacial score (nSPS) is 28.3. The number of rotatable bonds is 5. The third-order valence-corrected chi connectivity index (χ3v) is 3.82. The molecule has 0 saturated carbocycles. The maximum absolute atomic E-state index is 9.45. The highest BCUT2D eigenvalue weighted by Crippen LogP contribution is 2.36. The van der Waals surface area contributed by atoms with Gasteiger partial charge >= 0.3 is 0 Å². The molecule has 84 valence electrons. The standard InChI is InChI=1S/C12H24O2/c1-4-12(5-2,9-13)8-11-7-6-10(3)14-11/h10-11,13H,4-9H2,1-3H3. The second kappa shape index (κ2) is 5.13. The van der Waals surface area contributed by atoms with Crippen molar-refractivity contribution < 1.29 is 9.84 Å². The second-order valence-corrected chi connectivity index (χ2v) is 4.72. The molecule has 2 unspecified atom stereocenters. The van der Waals surface area contributed by atoms with E-state index in [1.54, 1.807) is 0 Å². The average molecular weight is 200 g/mol. The fraction of sp³-hybridized carbons (Fsp3) is 1.00. The summed E-state index contributed by atoms with van der Waals surface area (Å²) in [7, 11) is 0. The van der Waals surface area contributed by atoms with Crippen LogP contribution < -0.4 is 0 Å². The second-order valence-electron chi connectivity index (χ2n) is 4.72. The van der Waals surface area contributed by atoms with E-state index in [9.17, 15) is 5.11 Å². The molecule has 1 aliphatic heterocycles. The molecule has 0 aromatic rings. The van der Waals surface area contributed by atoms with Crippen molar-refractivity contribution in [1.82, 2.24) is 0 Å². The fourth-order valence-electron chi connectivity index (χ4n) is 2.35. The van der Waals surface area contributed by atoms with Gasteiger partial charge in [-0.1, -0.05) is 13.8 Å². The van der Waals surface area contributed by atoms with Gasteiger partial charge in [0.2, 0.25) is 0 Å². The van der Waals surface area contributed by atoms with Crippen LogP contribution in [0.1, 0.15) is 52.9 Å². The summed E-state index contributed by atoms with van der Waals surface area (Å²) in [6.45, 7) is 6.77. The SMILES string of the molecule is CCC(CC)(CO)CC1CCC(C)O1. The Bertz CT molecular complexity index is 155. The van der Waals surface area contributed by atoms with Crippen molar-refractivity contribution in [2.45, 2.75) is 65.1 Å². The Hall–Kier alpha value is -0.0800. The first-order valence-corrected chi connectivity index (χ1v) is 5.92. The van der Waals surface area contributed by atoms with Gasteiger partial charge in [0.15, 0.2) is 0 Å². The lowest BCUT2D eigenvalue weighted by Gasteiger charge is -2.32. The van der Waals surface area contributed by atoms with Gasteiger partial charge < -0.3 is 9.84 Å². The smallest absolute Gasteiger partial charge is 0.0585 e. The zero-order valence-electron chi connectivity index (χ0n) is 9.75. The molecule has 0 radical (unpaired) electrons. The molecule has 2 heteroatoms. The fourth-order valence-corrected chi connectivity index (χ4v) is 2.35. The van der Waals surface area contributed by atoms with E-state index in [0.29, 0.717) is 18.8 Å². The van der Waals surface area contributed by atoms with Crippen LogP contribution in [0.3, 0.4) is 0 Å². The van der Waals surface area contributed by atoms with E-state index in [1.807, 2.05) is 0 Å². The minimum atomic E-state index is 0.106. The number of aliphatic hydroxyl groups is 1. The van der Waals surface area contributed by atoms with Crippen LogP contribution in [0.25, 0.3) is 0 Å². The zero-order chi connectivity index (χ0) is 10.6. The molecule has 0 aromatic heterocycles. The van der Waals surface area contributed by atoms with Crippen LogP contribution in [0.15, 0.2) is 0 Å². The Morgan fingerprint density at radius 1 is 1.29 bits per heavy atom. The zero-order valence-corrected chi connectivity index (χ0v) is 9.75. The summed E-state index contributed by atoms with van der Waals surface area (Å²) in [6.07, 6.45) is 6.29. The molecule has 1 fully saturated rings. The Kier molecular flexibility index (Phi) is 4.39. The first-order chi connectivity index (χ1) is 6.65. The van der Waals surface area contributed by atoms with Crippen molar-refractivity contribution in [1.29, 1.82) is 0 Å². The van der Waals surface area contributed by atoms with E-state index >= 15 is 0 Å². The van der Waals surface area contributed by atoms with Crippen molar-refractivity contribution in [2.24, 2.45) is 5.41 Å². The Morgan fingerprint density at radius 2 is 1.93 bits per heavy atom. The van der Waals surface area contributed by atoms with Crippen molar-refractivity contribution in [2.75, 3.05) is 6.61 Å². The lowest BCUT2D eigenvalue weighted by Crippen LogP contribution is -2.29. The predicted molar refractivity (Wildman–Crippen MR) is 58.3 cm³/mol. The van der Waals surface area contributed by atoms with Crippen LogP contribution in [-0.4, -0.2) is 23.9 Å². The van der Waals surface area contributed by atoms with Crippen LogP contribution in [0.5, 0.6) is 0 Å². The third-order valence-electron chi connectivity index (χ3n) is 3.82. The van der Waals surface area contributed by atoms with Gasteiger partial charge in [0, 0.05) is 6.61 Å². The quantitative estimate of drug-likeness (QED) is 0.739. The molecule has 0 aromatic carbocycles. The largest absolute Gasteiger partial charge is 0.396 e. The molecule has 1 rings (SSSR count). The molecule has 1 saturated heterocycles. The minimum Gasteiger partial charge on any atom is -0.396 e. The van der Waals surface area contributed by atoms with E-state index in [4.69, 9.17) is 4.74 Å². The van der Waals surface area contributed by atoms with Crippen LogP contribution in [-0.2, 0) is 4.74 Å². The monoisotopic (exact) mass is 200 g/mol. The van der Waals surface area contributed by atoms with E-state index < -0.39 is 0 Å². The number of hydrogen-bond donors (Lipinski definition) is 1. The third kappa shape index (κ3) is 2.71. The summed E-state index contributed by atoms with van der Waals surface area (Å²) >= 11 is 0. The molecule has 2 nitrogen and oxygen atoms in total. The summed E-state index contributed by atoms with van der Waals surface area (Å²) in [5.41, 5.74) is 0.106. The van der Waals surface area contributed by atoms with Gasteiger partial charge in [-0.15, -0.1) is 0 Å². The van der Waals surface area contributed by atoms with Crippen LogP contribution in [0.4, 0.5) is 0 Å². The first-order valence-electron chi connectivity index (χ1n) is 5.92. The molecule has 14 heavy (non-hydrogen) atoms. The van der Waals surface area contributed by atoms with Gasteiger partial charge in [-0.25, -0.2) is 0 Å². The molecule has 2 atom stereocenters. The van der Waals surface area contributed by atoms with Gasteiger partial charge in [0.05, 0.1) is 12.2 Å². The number of ether oxygens (including phenoxy) is 1. The Morgan fingerprint density at radius 3 is 2.29 bits per heavy atom. The maximum Gasteiger partial charge on any atom is 0.0585 e. The highest BCUT2D eigenvalue weighted by molar-refractivity contribution is 4.82. The van der Waals surface area contributed by atoms with Gasteiger partial charge in [-0.3, -0.25) is 0 Å². The number of hydrogen-bond acceptors (Lipinski definition) is 2. The summed E-state index contributed by atoms with van der Waals surface area (Å²) < 4.78 is 5.81. The van der Waals surface area contributed by atoms with Crippen molar-refractivity contribution in [3.63, 3.8) is 0 Å². The van der Waals surface area contributed by atoms with Crippen molar-refractivity contribution in [3.8, 4) is 0 Å². The molecular weight excluding hydrogens is 176 g/mol. The van der Waals surface area contributed by atoms with Gasteiger partial charge in [0.1, 0.15) is 0 Å². The predicted octanol–water partition coefficient (Wildman–Crippen LogP) is 2.74. The molecule has 1 heterocycles. The van der Waals surface area contributed by atoms with E-state index in [0.717, 1.165) is 19.3 Å². The van der Waals surface area contributed by atoms with Gasteiger partial charge in [0.25, 0.3) is 0 Å². The molecule has 0 bridgehead atoms. The molecule has 0 amide bonds. The average Bonchev–Trinajstić information content (AvgIpc) is 2.61. The van der Waals surface area contributed by atoms with Crippen LogP contribution in [0, 0.1) is 5.41 Å². The van der Waals surface area contributed by atoms with E-state index in [1.165, 1.54) is 12.8 Å². The van der Waals surface area contributed by atoms with E-state index in [-0.39, 0.29) is 5.41 Å². The van der Waals surface area contributed by atoms with Crippen LogP contribution in [0.2, 0.25) is 0 Å². The van der Waals surface area contributed by atoms with Gasteiger partial charge in [-0.05, 0) is 44.4 Å². The summed E-state index contributed by atoms with van der Waals surface area (Å²) in [4.78, 5) is 0. The van der Waals surface area contributed by atoms with Gasteiger partial charge in [-0.2, -0.15) is 0 Å². The van der Waals surface area contributed by atoms with E-state index in [2.05, 4.69) is 20.8 Å². The highest BCUT2D eigenvalue weighted by Gasteiger charge is 2.32. The van der Waals surface area contributed by atoms with Crippen molar-refractivity contribution in [3.05, 3.63) is 0 Å². The Balaban J connectivity index is 2.47. The maximum atomic E-state index is 9.45. The lowest BCUT2D eigenvalue weighted by molar-refractivity contribution is 0.0000370. The summed E-state index contributed by atoms with van der Waals surface area (Å²) in [5.74, 6) is 0.